The predicted octanol–water partition coefficient (Wildman–Crippen LogP) is 1.99. The van der Waals surface area contributed by atoms with Gasteiger partial charge in [0.25, 0.3) is 0 Å². The van der Waals surface area contributed by atoms with Crippen molar-refractivity contribution in [2.75, 3.05) is 13.7 Å². The summed E-state index contributed by atoms with van der Waals surface area (Å²) in [6, 6.07) is 7.51. The number of aryl methyl sites for hydroxylation is 1. The van der Waals surface area contributed by atoms with Gasteiger partial charge < -0.3 is 14.6 Å². The maximum Gasteiger partial charge on any atom is 0.345 e. The maximum atomic E-state index is 12.8. The van der Waals surface area contributed by atoms with Crippen LogP contribution in [0.25, 0.3) is 0 Å². The number of hydrogen-bond acceptors (Lipinski definition) is 4. The third-order valence-electron chi connectivity index (χ3n) is 4.41. The highest BCUT2D eigenvalue weighted by atomic mass is 16.5. The van der Waals surface area contributed by atoms with E-state index in [1.54, 1.807) is 13.2 Å². The molecule has 0 aliphatic carbocycles. The number of aromatic nitrogens is 2. The molecule has 1 atom stereocenters. The number of hydrogen-bond donors (Lipinski definition) is 1. The van der Waals surface area contributed by atoms with Crippen molar-refractivity contribution in [2.24, 2.45) is 0 Å². The van der Waals surface area contributed by atoms with Crippen molar-refractivity contribution in [3.05, 3.63) is 57.8 Å². The van der Waals surface area contributed by atoms with Gasteiger partial charge in [-0.2, -0.15) is 0 Å². The van der Waals surface area contributed by atoms with Gasteiger partial charge in [-0.1, -0.05) is 17.7 Å². The Labute approximate surface area is 140 Å². The van der Waals surface area contributed by atoms with E-state index in [-0.39, 0.29) is 24.1 Å². The lowest BCUT2D eigenvalue weighted by Gasteiger charge is -2.25. The van der Waals surface area contributed by atoms with E-state index in [4.69, 9.17) is 4.74 Å². The van der Waals surface area contributed by atoms with E-state index >= 15 is 0 Å². The van der Waals surface area contributed by atoms with Gasteiger partial charge in [-0.25, -0.2) is 9.78 Å². The monoisotopic (exact) mass is 327 g/mol. The first kappa shape index (κ1) is 16.2. The molecule has 3 rings (SSSR count). The summed E-state index contributed by atoms with van der Waals surface area (Å²) in [5.41, 5.74) is 2.34. The number of nitrogens with one attached hydrogen (secondary N) is 1. The molecule has 2 aromatic rings. The first-order valence-corrected chi connectivity index (χ1v) is 8.06. The van der Waals surface area contributed by atoms with Crippen LogP contribution in [0.1, 0.15) is 35.7 Å². The van der Waals surface area contributed by atoms with E-state index < -0.39 is 0 Å². The summed E-state index contributed by atoms with van der Waals surface area (Å²) in [7, 11) is 1.61. The molecule has 0 bridgehead atoms. The lowest BCUT2D eigenvalue weighted by molar-refractivity contribution is -0.131. The zero-order valence-electron chi connectivity index (χ0n) is 13.9. The molecule has 1 N–H and O–H groups in total. The van der Waals surface area contributed by atoms with Crippen LogP contribution in [-0.4, -0.2) is 34.4 Å². The summed E-state index contributed by atoms with van der Waals surface area (Å²) in [5, 5.41) is 0. The van der Waals surface area contributed by atoms with E-state index in [1.807, 2.05) is 30.0 Å². The average molecular weight is 327 g/mol. The first-order chi connectivity index (χ1) is 11.6. The van der Waals surface area contributed by atoms with Gasteiger partial charge in [-0.15, -0.1) is 0 Å². The molecule has 1 fully saturated rings. The van der Waals surface area contributed by atoms with Crippen molar-refractivity contribution >= 4 is 5.91 Å². The van der Waals surface area contributed by atoms with E-state index in [0.717, 1.165) is 35.4 Å². The van der Waals surface area contributed by atoms with Crippen molar-refractivity contribution in [3.63, 3.8) is 0 Å². The fourth-order valence-corrected chi connectivity index (χ4v) is 3.28. The molecular weight excluding hydrogens is 306 g/mol. The molecule has 24 heavy (non-hydrogen) atoms. The Bertz CT molecular complexity index is 800. The fraction of sp³-hybridized carbons (Fsp3) is 0.389. The zero-order chi connectivity index (χ0) is 17.1. The molecule has 126 valence electrons. The Kier molecular flexibility index (Phi) is 4.64. The average Bonchev–Trinajstić information content (AvgIpc) is 3.05. The number of aromatic amines is 1. The number of methoxy groups -OCH3 is 1. The molecular formula is C18H21N3O3. The van der Waals surface area contributed by atoms with Gasteiger partial charge in [-0.05, 0) is 31.9 Å². The van der Waals surface area contributed by atoms with Crippen molar-refractivity contribution in [1.82, 2.24) is 14.9 Å². The van der Waals surface area contributed by atoms with Crippen LogP contribution in [0.5, 0.6) is 5.75 Å². The molecule has 0 spiro atoms. The van der Waals surface area contributed by atoms with Crippen LogP contribution in [0.15, 0.2) is 35.3 Å². The third kappa shape index (κ3) is 3.32. The second kappa shape index (κ2) is 6.86. The quantitative estimate of drug-likeness (QED) is 0.932. The number of H-pyrrole nitrogens is 1. The summed E-state index contributed by atoms with van der Waals surface area (Å²) >= 11 is 0. The molecule has 0 saturated carbocycles. The van der Waals surface area contributed by atoms with Crippen LogP contribution in [0, 0.1) is 6.92 Å². The highest BCUT2D eigenvalue weighted by Crippen LogP contribution is 2.31. The first-order valence-electron chi connectivity index (χ1n) is 8.06. The SMILES string of the molecule is COc1ccc(C)cc1CC(=O)N1CCCC1c1ccnc(=O)[nH]1. The Hall–Kier alpha value is -2.63. The largest absolute Gasteiger partial charge is 0.496 e. The molecule has 1 aromatic carbocycles. The van der Waals surface area contributed by atoms with Crippen molar-refractivity contribution in [3.8, 4) is 5.75 Å². The van der Waals surface area contributed by atoms with Gasteiger partial charge in [0, 0.05) is 24.0 Å². The number of carbonyl (C=O) groups is 1. The van der Waals surface area contributed by atoms with E-state index in [2.05, 4.69) is 9.97 Å². The maximum absolute atomic E-state index is 12.8. The molecule has 6 heteroatoms. The van der Waals surface area contributed by atoms with Crippen molar-refractivity contribution < 1.29 is 9.53 Å². The standard InChI is InChI=1S/C18H21N3O3/c1-12-5-6-16(24-2)13(10-12)11-17(22)21-9-3-4-15(21)14-7-8-19-18(23)20-14/h5-8,10,15H,3-4,9,11H2,1-2H3,(H,19,20,23). The van der Waals surface area contributed by atoms with Crippen LogP contribution < -0.4 is 10.4 Å². The minimum Gasteiger partial charge on any atom is -0.496 e. The van der Waals surface area contributed by atoms with E-state index in [9.17, 15) is 9.59 Å². The highest BCUT2D eigenvalue weighted by molar-refractivity contribution is 5.80. The second-order valence-electron chi connectivity index (χ2n) is 6.07. The smallest absolute Gasteiger partial charge is 0.345 e. The second-order valence-corrected chi connectivity index (χ2v) is 6.07. The predicted molar refractivity (Wildman–Crippen MR) is 90.0 cm³/mol. The van der Waals surface area contributed by atoms with Crippen LogP contribution in [0.2, 0.25) is 0 Å². The van der Waals surface area contributed by atoms with Crippen LogP contribution in [-0.2, 0) is 11.2 Å². The molecule has 1 amide bonds. The van der Waals surface area contributed by atoms with E-state index in [0.29, 0.717) is 6.54 Å². The number of benzene rings is 1. The minimum atomic E-state index is -0.382. The summed E-state index contributed by atoms with van der Waals surface area (Å²) in [5.74, 6) is 0.765. The Morgan fingerprint density at radius 2 is 2.25 bits per heavy atom. The molecule has 1 saturated heterocycles. The Morgan fingerprint density at radius 3 is 3.00 bits per heavy atom. The summed E-state index contributed by atoms with van der Waals surface area (Å²) in [6.45, 7) is 2.69. The Morgan fingerprint density at radius 1 is 1.42 bits per heavy atom. The number of nitrogens with zero attached hydrogens (tertiary/aromatic N) is 2. The molecule has 6 nitrogen and oxygen atoms in total. The molecule has 0 radical (unpaired) electrons. The van der Waals surface area contributed by atoms with Crippen LogP contribution >= 0.6 is 0 Å². The van der Waals surface area contributed by atoms with Gasteiger partial charge in [-0.3, -0.25) is 4.79 Å². The van der Waals surface area contributed by atoms with Crippen molar-refractivity contribution in [2.45, 2.75) is 32.2 Å². The lowest BCUT2D eigenvalue weighted by Crippen LogP contribution is -2.33. The zero-order valence-corrected chi connectivity index (χ0v) is 13.9. The van der Waals surface area contributed by atoms with Crippen LogP contribution in [0.4, 0.5) is 0 Å². The number of rotatable bonds is 4. The molecule has 1 aliphatic heterocycles. The Balaban J connectivity index is 1.82. The van der Waals surface area contributed by atoms with Crippen molar-refractivity contribution in [1.29, 1.82) is 0 Å². The molecule has 1 aliphatic rings. The molecule has 2 heterocycles. The highest BCUT2D eigenvalue weighted by Gasteiger charge is 2.30. The molecule has 1 aromatic heterocycles. The van der Waals surface area contributed by atoms with E-state index in [1.165, 1.54) is 6.20 Å². The van der Waals surface area contributed by atoms with Gasteiger partial charge in [0.15, 0.2) is 0 Å². The number of ether oxygens (including phenoxy) is 1. The van der Waals surface area contributed by atoms with Gasteiger partial charge in [0.05, 0.1) is 19.6 Å². The van der Waals surface area contributed by atoms with Crippen LogP contribution in [0.3, 0.4) is 0 Å². The summed E-state index contributed by atoms with van der Waals surface area (Å²) in [6.07, 6.45) is 3.54. The van der Waals surface area contributed by atoms with Gasteiger partial charge in [0.1, 0.15) is 5.75 Å². The molecule has 1 unspecified atom stereocenters. The normalized spacial score (nSPS) is 17.1. The number of amides is 1. The fourth-order valence-electron chi connectivity index (χ4n) is 3.28. The topological polar surface area (TPSA) is 75.3 Å². The summed E-state index contributed by atoms with van der Waals surface area (Å²) in [4.78, 5) is 32.5. The summed E-state index contributed by atoms with van der Waals surface area (Å²) < 4.78 is 5.36. The number of carbonyl (C=O) groups excluding carboxylic acids is 1. The lowest BCUT2D eigenvalue weighted by atomic mass is 10.1. The third-order valence-corrected chi connectivity index (χ3v) is 4.41. The van der Waals surface area contributed by atoms with Gasteiger partial charge in [0.2, 0.25) is 5.91 Å². The number of likely N-dealkylation sites (tertiary alicyclic amines) is 1. The van der Waals surface area contributed by atoms with Gasteiger partial charge >= 0.3 is 5.69 Å². The minimum absolute atomic E-state index is 0.0408.